The van der Waals surface area contributed by atoms with E-state index in [0.29, 0.717) is 22.5 Å². The first-order chi connectivity index (χ1) is 25.6. The molecule has 0 amide bonds. The first-order valence-corrected chi connectivity index (χ1v) is 17.3. The Labute approximate surface area is 320 Å². The molecule has 0 saturated carbocycles. The minimum Gasteiger partial charge on any atom is -0.507 e. The second-order valence-electron chi connectivity index (χ2n) is 13.2. The van der Waals surface area contributed by atoms with E-state index in [1.165, 1.54) is 0 Å². The van der Waals surface area contributed by atoms with Crippen molar-refractivity contribution < 1.29 is 30.6 Å². The number of rotatable bonds is 5. The Bertz CT molecular complexity index is 3000. The van der Waals surface area contributed by atoms with Crippen LogP contribution < -0.4 is 0 Å². The Hall–Kier alpha value is -6.29. The number of hydrogen-bond acceptors (Lipinski definition) is 4. The number of fused-ring (bicyclic) bond motifs is 6. The number of aromatic hydroxyl groups is 1. The Morgan fingerprint density at radius 1 is 0.623 bits per heavy atom. The van der Waals surface area contributed by atoms with Gasteiger partial charge >= 0.3 is 0 Å². The molecule has 0 bridgehead atoms. The molecule has 10 rings (SSSR count). The fraction of sp³-hybridized carbons (Fsp3) is 0.0213. The molecule has 4 heterocycles. The van der Waals surface area contributed by atoms with Gasteiger partial charge < -0.3 is 13.9 Å². The Kier molecular flexibility index (Phi) is 8.02. The van der Waals surface area contributed by atoms with Crippen molar-refractivity contribution in [2.45, 2.75) is 6.92 Å². The number of para-hydroxylation sites is 2. The van der Waals surface area contributed by atoms with E-state index in [4.69, 9.17) is 14.4 Å². The van der Waals surface area contributed by atoms with Crippen LogP contribution in [0.4, 0.5) is 0 Å². The summed E-state index contributed by atoms with van der Waals surface area (Å²) >= 11 is 0. The molecule has 0 atom stereocenters. The fourth-order valence-corrected chi connectivity index (χ4v) is 7.38. The van der Waals surface area contributed by atoms with Crippen LogP contribution in [0.2, 0.25) is 0 Å². The molecule has 6 aromatic carbocycles. The van der Waals surface area contributed by atoms with Gasteiger partial charge in [0.2, 0.25) is 0 Å². The third kappa shape index (κ3) is 5.53. The molecule has 5 nitrogen and oxygen atoms in total. The fourth-order valence-electron chi connectivity index (χ4n) is 7.38. The van der Waals surface area contributed by atoms with Crippen molar-refractivity contribution in [3.8, 4) is 61.9 Å². The quantitative estimate of drug-likeness (QED) is 0.175. The van der Waals surface area contributed by atoms with E-state index >= 15 is 0 Å². The Morgan fingerprint density at radius 3 is 2.21 bits per heavy atom. The van der Waals surface area contributed by atoms with Crippen LogP contribution in [-0.4, -0.2) is 19.5 Å². The maximum Gasteiger partial charge on any atom is 0.137 e. The number of imidazole rings is 1. The van der Waals surface area contributed by atoms with E-state index in [2.05, 4.69) is 121 Å². The molecule has 0 fully saturated rings. The minimum atomic E-state index is 0. The van der Waals surface area contributed by atoms with Crippen LogP contribution in [0.3, 0.4) is 0 Å². The zero-order valence-corrected chi connectivity index (χ0v) is 30.8. The molecule has 0 unspecified atom stereocenters. The second kappa shape index (κ2) is 13.0. The first-order valence-electron chi connectivity index (χ1n) is 17.3. The van der Waals surface area contributed by atoms with Crippen LogP contribution in [0.1, 0.15) is 5.56 Å². The molecular weight excluding hydrogens is 834 g/mol. The van der Waals surface area contributed by atoms with Gasteiger partial charge in [-0.05, 0) is 64.7 Å². The summed E-state index contributed by atoms with van der Waals surface area (Å²) in [5, 5.41) is 15.1. The normalized spacial score (nSPS) is 11.4. The zero-order valence-electron chi connectivity index (χ0n) is 28.5. The third-order valence-corrected chi connectivity index (χ3v) is 9.84. The summed E-state index contributed by atoms with van der Waals surface area (Å²) < 4.78 is 8.83. The summed E-state index contributed by atoms with van der Waals surface area (Å²) in [7, 11) is 0. The molecule has 0 aliphatic carbocycles. The number of furan rings is 1. The largest absolute Gasteiger partial charge is 0.507 e. The maximum absolute atomic E-state index is 11.0. The Morgan fingerprint density at radius 2 is 1.36 bits per heavy atom. The van der Waals surface area contributed by atoms with Gasteiger partial charge in [0.15, 0.2) is 0 Å². The van der Waals surface area contributed by atoms with Gasteiger partial charge in [0, 0.05) is 60.7 Å². The van der Waals surface area contributed by atoms with E-state index in [9.17, 15) is 5.11 Å². The van der Waals surface area contributed by atoms with Gasteiger partial charge in [-0.2, -0.15) is 0 Å². The molecule has 0 aliphatic rings. The number of phenolic OH excluding ortho intramolecular Hbond substituents is 1. The number of benzene rings is 6. The summed E-state index contributed by atoms with van der Waals surface area (Å²) in [6.45, 7) is 2.09. The van der Waals surface area contributed by atoms with Gasteiger partial charge in [0.1, 0.15) is 17.0 Å². The molecule has 0 aliphatic heterocycles. The average molecular weight is 864 g/mol. The van der Waals surface area contributed by atoms with Crippen molar-refractivity contribution in [3.63, 3.8) is 0 Å². The van der Waals surface area contributed by atoms with Crippen molar-refractivity contribution >= 4 is 38.4 Å². The predicted octanol–water partition coefficient (Wildman–Crippen LogP) is 11.9. The number of nitrogens with zero attached hydrogens (tertiary/aromatic N) is 3. The van der Waals surface area contributed by atoms with Gasteiger partial charge in [0.05, 0.1) is 11.3 Å². The first kappa shape index (κ1) is 32.6. The van der Waals surface area contributed by atoms with Crippen LogP contribution in [0.5, 0.6) is 5.75 Å². The molecule has 1 N–H and O–H groups in total. The van der Waals surface area contributed by atoms with Crippen LogP contribution in [0, 0.1) is 13.0 Å². The van der Waals surface area contributed by atoms with Crippen molar-refractivity contribution in [1.82, 2.24) is 14.4 Å². The number of hydrogen-bond donors (Lipinski definition) is 1. The van der Waals surface area contributed by atoms with Gasteiger partial charge in [-0.15, -0.1) is 12.1 Å². The molecule has 10 aromatic rings. The summed E-state index contributed by atoms with van der Waals surface area (Å²) in [5.74, 6) is 0.165. The topological polar surface area (TPSA) is 63.6 Å². The average Bonchev–Trinajstić information content (AvgIpc) is 3.77. The molecule has 0 radical (unpaired) electrons. The molecule has 53 heavy (non-hydrogen) atoms. The number of aromatic nitrogens is 3. The van der Waals surface area contributed by atoms with Gasteiger partial charge in [-0.1, -0.05) is 132 Å². The molecule has 256 valence electrons. The van der Waals surface area contributed by atoms with Crippen molar-refractivity contribution in [2.24, 2.45) is 0 Å². The molecule has 0 saturated heterocycles. The zero-order chi connectivity index (χ0) is 34.8. The third-order valence-electron chi connectivity index (χ3n) is 9.84. The predicted molar refractivity (Wildman–Crippen MR) is 210 cm³/mol. The standard InChI is InChI=1S/C47H30N3O2.Pt/c1-29-12-11-16-32(24-29)33-27-40(37-19-7-9-20-42(37)51)48-41(28-33)39-26-34(25-38-36-18-8-10-21-43(36)52-46(38)39)44-45(31-14-3-2-4-15-31)50-23-22-30-13-5-6-17-35(30)47(50)49-44;/h2-25,27-28,51H,1H3;/q-1;. The van der Waals surface area contributed by atoms with Crippen LogP contribution >= 0.6 is 0 Å². The smallest absolute Gasteiger partial charge is 0.137 e. The van der Waals surface area contributed by atoms with Gasteiger partial charge in [-0.25, -0.2) is 0 Å². The Balaban J connectivity index is 0.00000372. The molecular formula is C47H30N3O2Pt-. The van der Waals surface area contributed by atoms with Crippen molar-refractivity contribution in [2.75, 3.05) is 0 Å². The monoisotopic (exact) mass is 863 g/mol. The van der Waals surface area contributed by atoms with E-state index in [1.807, 2.05) is 48.5 Å². The summed E-state index contributed by atoms with van der Waals surface area (Å²) in [5.41, 5.74) is 11.9. The van der Waals surface area contributed by atoms with Gasteiger partial charge in [-0.3, -0.25) is 9.97 Å². The number of phenols is 1. The van der Waals surface area contributed by atoms with E-state index in [0.717, 1.165) is 77.5 Å². The van der Waals surface area contributed by atoms with Crippen LogP contribution in [-0.2, 0) is 21.1 Å². The SMILES string of the molecule is Cc1cccc(-c2cc(-c3ccccc3O)nc(-c3[c-]c(-c4nc5c6ccccc6ccn5c4-c4ccccc4)cc4c3oc3ccccc34)c2)c1.[Pt]. The summed E-state index contributed by atoms with van der Waals surface area (Å²) in [6.07, 6.45) is 2.11. The van der Waals surface area contributed by atoms with Crippen LogP contribution in [0.25, 0.3) is 94.5 Å². The summed E-state index contributed by atoms with van der Waals surface area (Å²) in [4.78, 5) is 10.6. The molecule has 4 aromatic heterocycles. The van der Waals surface area contributed by atoms with E-state index < -0.39 is 0 Å². The van der Waals surface area contributed by atoms with Crippen LogP contribution in [0.15, 0.2) is 162 Å². The molecule has 0 spiro atoms. The van der Waals surface area contributed by atoms with Crippen molar-refractivity contribution in [1.29, 1.82) is 0 Å². The minimum absolute atomic E-state index is 0. The van der Waals surface area contributed by atoms with E-state index in [-0.39, 0.29) is 26.8 Å². The summed E-state index contributed by atoms with van der Waals surface area (Å²) in [6, 6.07) is 54.8. The van der Waals surface area contributed by atoms with E-state index in [1.54, 1.807) is 6.07 Å². The number of aryl methyl sites for hydroxylation is 1. The number of pyridine rings is 2. The maximum atomic E-state index is 11.0. The second-order valence-corrected chi connectivity index (χ2v) is 13.2. The van der Waals surface area contributed by atoms with Gasteiger partial charge in [0.25, 0.3) is 0 Å². The van der Waals surface area contributed by atoms with Crippen molar-refractivity contribution in [3.05, 3.63) is 169 Å². The molecule has 6 heteroatoms.